The van der Waals surface area contributed by atoms with Crippen molar-refractivity contribution in [1.29, 1.82) is 0 Å². The van der Waals surface area contributed by atoms with Gasteiger partial charge in [0.1, 0.15) is 0 Å². The van der Waals surface area contributed by atoms with E-state index in [1.165, 1.54) is 29.5 Å². The largest absolute Gasteiger partial charge is 0.481 e. The van der Waals surface area contributed by atoms with Crippen molar-refractivity contribution in [2.45, 2.75) is 45.4 Å². The molecule has 18 heavy (non-hydrogen) atoms. The van der Waals surface area contributed by atoms with E-state index in [1.807, 2.05) is 6.92 Å². The fourth-order valence-corrected chi connectivity index (χ4v) is 3.27. The van der Waals surface area contributed by atoms with Gasteiger partial charge in [0.05, 0.1) is 5.41 Å². The normalized spacial score (nSPS) is 21.4. The van der Waals surface area contributed by atoms with Crippen molar-refractivity contribution in [1.82, 2.24) is 0 Å². The molecule has 0 saturated heterocycles. The first-order chi connectivity index (χ1) is 8.59. The van der Waals surface area contributed by atoms with Gasteiger partial charge in [-0.15, -0.1) is 0 Å². The molecule has 0 aromatic heterocycles. The molecule has 2 aliphatic rings. The maximum absolute atomic E-state index is 11.5. The quantitative estimate of drug-likeness (QED) is 0.883. The Morgan fingerprint density at radius 3 is 2.72 bits per heavy atom. The van der Waals surface area contributed by atoms with Gasteiger partial charge in [-0.2, -0.15) is 0 Å². The molecule has 1 atom stereocenters. The highest BCUT2D eigenvalue weighted by Crippen LogP contribution is 2.47. The van der Waals surface area contributed by atoms with Gasteiger partial charge in [0.15, 0.2) is 0 Å². The summed E-state index contributed by atoms with van der Waals surface area (Å²) in [6.07, 6.45) is 6.43. The Hall–Kier alpha value is -1.31. The Kier molecular flexibility index (Phi) is 2.69. The highest BCUT2D eigenvalue weighted by atomic mass is 16.4. The third-order valence-corrected chi connectivity index (χ3v) is 4.70. The molecule has 0 aliphatic heterocycles. The summed E-state index contributed by atoms with van der Waals surface area (Å²) in [5, 5.41) is 9.50. The van der Waals surface area contributed by atoms with Gasteiger partial charge in [-0.25, -0.2) is 0 Å². The van der Waals surface area contributed by atoms with Gasteiger partial charge in [0, 0.05) is 0 Å². The summed E-state index contributed by atoms with van der Waals surface area (Å²) in [7, 11) is 0. The summed E-state index contributed by atoms with van der Waals surface area (Å²) >= 11 is 0. The van der Waals surface area contributed by atoms with Crippen molar-refractivity contribution < 1.29 is 9.90 Å². The van der Waals surface area contributed by atoms with Crippen molar-refractivity contribution in [2.75, 3.05) is 0 Å². The van der Waals surface area contributed by atoms with Crippen molar-refractivity contribution in [3.8, 4) is 0 Å². The molecular weight excluding hydrogens is 224 g/mol. The first kappa shape index (κ1) is 11.8. The summed E-state index contributed by atoms with van der Waals surface area (Å²) in [5.41, 5.74) is 3.54. The predicted molar refractivity (Wildman–Crippen MR) is 70.6 cm³/mol. The van der Waals surface area contributed by atoms with Gasteiger partial charge < -0.3 is 5.11 Å². The van der Waals surface area contributed by atoms with Crippen LogP contribution in [0, 0.1) is 11.3 Å². The van der Waals surface area contributed by atoms with E-state index < -0.39 is 11.4 Å². The van der Waals surface area contributed by atoms with Crippen molar-refractivity contribution in [3.05, 3.63) is 34.9 Å². The van der Waals surface area contributed by atoms with E-state index in [4.69, 9.17) is 0 Å². The third-order valence-electron chi connectivity index (χ3n) is 4.70. The maximum Gasteiger partial charge on any atom is 0.309 e. The molecule has 1 saturated carbocycles. The second-order valence-corrected chi connectivity index (χ2v) is 6.13. The molecule has 1 aromatic carbocycles. The minimum absolute atomic E-state index is 0.378. The zero-order valence-electron chi connectivity index (χ0n) is 10.9. The summed E-state index contributed by atoms with van der Waals surface area (Å²) in [5.74, 6) is -0.256. The predicted octanol–water partition coefficient (Wildman–Crippen LogP) is 3.22. The molecular formula is C16H20O2. The molecule has 0 bridgehead atoms. The maximum atomic E-state index is 11.5. The first-order valence-electron chi connectivity index (χ1n) is 6.94. The Morgan fingerprint density at radius 1 is 1.33 bits per heavy atom. The summed E-state index contributed by atoms with van der Waals surface area (Å²) in [6.45, 7) is 1.92. The van der Waals surface area contributed by atoms with Gasteiger partial charge in [0.2, 0.25) is 0 Å². The van der Waals surface area contributed by atoms with E-state index in [-0.39, 0.29) is 0 Å². The van der Waals surface area contributed by atoms with Crippen LogP contribution < -0.4 is 0 Å². The van der Waals surface area contributed by atoms with Crippen LogP contribution in [-0.4, -0.2) is 11.1 Å². The van der Waals surface area contributed by atoms with E-state index in [2.05, 4.69) is 18.2 Å². The highest BCUT2D eigenvalue weighted by Gasteiger charge is 2.47. The van der Waals surface area contributed by atoms with Crippen LogP contribution in [0.1, 0.15) is 42.9 Å². The van der Waals surface area contributed by atoms with Crippen LogP contribution in [0.5, 0.6) is 0 Å². The van der Waals surface area contributed by atoms with E-state index in [0.29, 0.717) is 12.3 Å². The van der Waals surface area contributed by atoms with E-state index in [0.717, 1.165) is 19.3 Å². The molecule has 0 spiro atoms. The van der Waals surface area contributed by atoms with Crippen molar-refractivity contribution in [3.63, 3.8) is 0 Å². The Labute approximate surface area is 108 Å². The van der Waals surface area contributed by atoms with Crippen LogP contribution in [0.3, 0.4) is 0 Å². The van der Waals surface area contributed by atoms with Crippen molar-refractivity contribution >= 4 is 5.97 Å². The number of aryl methyl sites for hydroxylation is 2. The molecule has 2 nitrogen and oxygen atoms in total. The Bertz CT molecular complexity index is 488. The number of carboxylic acids is 1. The molecule has 96 valence electrons. The number of rotatable bonds is 4. The highest BCUT2D eigenvalue weighted by molar-refractivity contribution is 5.75. The van der Waals surface area contributed by atoms with Crippen LogP contribution in [0.25, 0.3) is 0 Å². The average Bonchev–Trinajstić information content (AvgIpc) is 3.09. The number of benzene rings is 1. The van der Waals surface area contributed by atoms with Crippen molar-refractivity contribution in [2.24, 2.45) is 11.3 Å². The fraction of sp³-hybridized carbons (Fsp3) is 0.562. The molecule has 2 aliphatic carbocycles. The first-order valence-corrected chi connectivity index (χ1v) is 6.94. The number of hydrogen-bond acceptors (Lipinski definition) is 1. The monoisotopic (exact) mass is 244 g/mol. The summed E-state index contributed by atoms with van der Waals surface area (Å²) < 4.78 is 0. The number of aliphatic carboxylic acids is 1. The van der Waals surface area contributed by atoms with Gasteiger partial charge in [-0.3, -0.25) is 4.79 Å². The minimum atomic E-state index is -0.634. The van der Waals surface area contributed by atoms with E-state index >= 15 is 0 Å². The van der Waals surface area contributed by atoms with E-state index in [1.54, 1.807) is 0 Å². The second-order valence-electron chi connectivity index (χ2n) is 6.13. The van der Waals surface area contributed by atoms with E-state index in [9.17, 15) is 9.90 Å². The van der Waals surface area contributed by atoms with Crippen LogP contribution in [0.2, 0.25) is 0 Å². The molecule has 1 aromatic rings. The smallest absolute Gasteiger partial charge is 0.309 e. The van der Waals surface area contributed by atoms with Gasteiger partial charge >= 0.3 is 5.97 Å². The zero-order valence-corrected chi connectivity index (χ0v) is 10.9. The molecule has 0 radical (unpaired) electrons. The zero-order chi connectivity index (χ0) is 12.8. The Morgan fingerprint density at radius 2 is 2.06 bits per heavy atom. The number of carbonyl (C=O) groups is 1. The number of carboxylic acid groups (broad SMARTS) is 1. The third kappa shape index (κ3) is 1.94. The second kappa shape index (κ2) is 4.11. The van der Waals surface area contributed by atoms with Gasteiger partial charge in [0.25, 0.3) is 0 Å². The lowest BCUT2D eigenvalue weighted by Crippen LogP contribution is -2.32. The molecule has 2 heteroatoms. The van der Waals surface area contributed by atoms with Crippen LogP contribution in [0.15, 0.2) is 18.2 Å². The molecule has 1 fully saturated rings. The van der Waals surface area contributed by atoms with Crippen LogP contribution in [-0.2, 0) is 24.1 Å². The standard InChI is InChI=1S/C16H20O2/c1-16(15(17)18,14-7-8-14)10-11-5-6-12-3-2-4-13(12)9-11/h5-6,9,14H,2-4,7-8,10H2,1H3,(H,17,18). The topological polar surface area (TPSA) is 37.3 Å². The Balaban J connectivity index is 1.85. The number of hydrogen-bond donors (Lipinski definition) is 1. The molecule has 0 amide bonds. The lowest BCUT2D eigenvalue weighted by Gasteiger charge is -2.25. The summed E-state index contributed by atoms with van der Waals surface area (Å²) in [4.78, 5) is 11.5. The molecule has 1 unspecified atom stereocenters. The lowest BCUT2D eigenvalue weighted by molar-refractivity contribution is -0.149. The summed E-state index contributed by atoms with van der Waals surface area (Å²) in [6, 6.07) is 6.58. The fourth-order valence-electron chi connectivity index (χ4n) is 3.27. The lowest BCUT2D eigenvalue weighted by atomic mass is 9.78. The molecule has 3 rings (SSSR count). The molecule has 1 N–H and O–H groups in total. The SMILES string of the molecule is CC(Cc1ccc2c(c1)CCC2)(C(=O)O)C1CC1. The average molecular weight is 244 g/mol. The molecule has 0 heterocycles. The van der Waals surface area contributed by atoms with Crippen LogP contribution >= 0.6 is 0 Å². The van der Waals surface area contributed by atoms with Crippen LogP contribution in [0.4, 0.5) is 0 Å². The van der Waals surface area contributed by atoms with Gasteiger partial charge in [-0.1, -0.05) is 18.2 Å². The van der Waals surface area contributed by atoms with Gasteiger partial charge in [-0.05, 0) is 68.1 Å². The number of fused-ring (bicyclic) bond motifs is 1. The minimum Gasteiger partial charge on any atom is -0.481 e.